The van der Waals surface area contributed by atoms with Crippen molar-refractivity contribution in [3.63, 3.8) is 0 Å². The van der Waals surface area contributed by atoms with E-state index in [1.165, 1.54) is 16.5 Å². The third-order valence-corrected chi connectivity index (χ3v) is 9.17. The first-order valence-electron chi connectivity index (χ1n) is 13.8. The van der Waals surface area contributed by atoms with Crippen molar-refractivity contribution in [3.05, 3.63) is 81.5 Å². The van der Waals surface area contributed by atoms with Crippen LogP contribution in [-0.2, 0) is 6.42 Å². The SMILES string of the molecule is CNc1cc(F)c(F)c2c1Cc1ncc(-c3ccc4ccc(C(=O)O)c(=O)n4c3)c(N3CC[C@@H]4CCN(C)[C@@H]4C3)c1-2. The number of carbonyl (C=O) groups is 1. The number of aromatic nitrogens is 2. The Labute approximate surface area is 234 Å². The minimum Gasteiger partial charge on any atom is -0.477 e. The van der Waals surface area contributed by atoms with Crippen LogP contribution in [0.5, 0.6) is 0 Å². The number of rotatable bonds is 4. The molecule has 0 bridgehead atoms. The number of aromatic carboxylic acids is 1. The first-order chi connectivity index (χ1) is 19.8. The summed E-state index contributed by atoms with van der Waals surface area (Å²) in [6.07, 6.45) is 5.84. The lowest BCUT2D eigenvalue weighted by atomic mass is 9.90. The number of piperidine rings is 1. The quantitative estimate of drug-likeness (QED) is 0.337. The van der Waals surface area contributed by atoms with Gasteiger partial charge in [-0.25, -0.2) is 13.6 Å². The summed E-state index contributed by atoms with van der Waals surface area (Å²) in [5.41, 5.74) is 4.32. The number of likely N-dealkylation sites (tertiary alicyclic amines) is 1. The summed E-state index contributed by atoms with van der Waals surface area (Å²) < 4.78 is 31.9. The van der Waals surface area contributed by atoms with E-state index in [1.807, 2.05) is 6.07 Å². The zero-order valence-corrected chi connectivity index (χ0v) is 22.7. The molecule has 210 valence electrons. The molecule has 0 amide bonds. The molecule has 1 aliphatic carbocycles. The number of halogens is 2. The summed E-state index contributed by atoms with van der Waals surface area (Å²) >= 11 is 0. The smallest absolute Gasteiger partial charge is 0.341 e. The van der Waals surface area contributed by atoms with Crippen LogP contribution >= 0.6 is 0 Å². The van der Waals surface area contributed by atoms with E-state index in [1.54, 1.807) is 31.6 Å². The predicted molar refractivity (Wildman–Crippen MR) is 153 cm³/mol. The average Bonchev–Trinajstić information content (AvgIpc) is 3.55. The molecule has 2 aliphatic heterocycles. The molecule has 8 nitrogen and oxygen atoms in total. The van der Waals surface area contributed by atoms with E-state index in [0.717, 1.165) is 38.2 Å². The Hall–Kier alpha value is -4.31. The van der Waals surface area contributed by atoms with Gasteiger partial charge >= 0.3 is 5.97 Å². The fourth-order valence-electron chi connectivity index (χ4n) is 7.04. The van der Waals surface area contributed by atoms with Gasteiger partial charge in [0.1, 0.15) is 5.56 Å². The second-order valence-electron chi connectivity index (χ2n) is 11.2. The molecule has 41 heavy (non-hydrogen) atoms. The van der Waals surface area contributed by atoms with Gasteiger partial charge < -0.3 is 20.2 Å². The van der Waals surface area contributed by atoms with E-state index in [0.29, 0.717) is 57.5 Å². The van der Waals surface area contributed by atoms with Crippen molar-refractivity contribution in [2.75, 3.05) is 43.9 Å². The Morgan fingerprint density at radius 2 is 1.90 bits per heavy atom. The minimum absolute atomic E-state index is 0.224. The van der Waals surface area contributed by atoms with Gasteiger partial charge in [-0.15, -0.1) is 0 Å². The summed E-state index contributed by atoms with van der Waals surface area (Å²) in [5, 5.41) is 12.5. The number of nitrogens with one attached hydrogen (secondary N) is 1. The molecule has 2 atom stereocenters. The van der Waals surface area contributed by atoms with Crippen LogP contribution in [0.4, 0.5) is 20.2 Å². The number of hydrogen-bond acceptors (Lipinski definition) is 6. The Bertz CT molecular complexity index is 1820. The molecule has 3 aromatic heterocycles. The molecule has 1 aromatic carbocycles. The summed E-state index contributed by atoms with van der Waals surface area (Å²) in [5.74, 6) is -2.54. The highest BCUT2D eigenvalue weighted by molar-refractivity contribution is 5.97. The van der Waals surface area contributed by atoms with Gasteiger partial charge in [-0.3, -0.25) is 14.2 Å². The molecule has 7 rings (SSSR count). The standard InChI is InChI=1S/C31H29F2N5O3/c1-34-23-12-22(32)28(33)26-20(23)11-24-27(26)29(37-10-8-16-7-9-36(2)25(16)15-37)21(13-35-24)17-3-4-18-5-6-19(31(40)41)30(39)38(18)14-17/h3-6,12-14,16,25,34H,7-11,15H2,1-2H3,(H,40,41)/t16-,25+/m0/s1. The third-order valence-electron chi connectivity index (χ3n) is 9.17. The number of pyridine rings is 3. The first-order valence-corrected chi connectivity index (χ1v) is 13.8. The van der Waals surface area contributed by atoms with Crippen LogP contribution in [0.1, 0.15) is 34.5 Å². The predicted octanol–water partition coefficient (Wildman–Crippen LogP) is 4.48. The highest BCUT2D eigenvalue weighted by atomic mass is 19.2. The van der Waals surface area contributed by atoms with Crippen molar-refractivity contribution in [3.8, 4) is 22.3 Å². The van der Waals surface area contributed by atoms with Crippen molar-refractivity contribution in [1.29, 1.82) is 0 Å². The van der Waals surface area contributed by atoms with Gasteiger partial charge in [0.25, 0.3) is 5.56 Å². The Morgan fingerprint density at radius 1 is 1.12 bits per heavy atom. The number of fused-ring (bicyclic) bond motifs is 5. The van der Waals surface area contributed by atoms with Crippen LogP contribution in [-0.4, -0.2) is 65.1 Å². The molecule has 10 heteroatoms. The van der Waals surface area contributed by atoms with E-state index in [4.69, 9.17) is 4.98 Å². The average molecular weight is 558 g/mol. The molecular weight excluding hydrogens is 528 g/mol. The van der Waals surface area contributed by atoms with E-state index in [-0.39, 0.29) is 11.1 Å². The number of carboxylic acid groups (broad SMARTS) is 1. The maximum absolute atomic E-state index is 15.7. The largest absolute Gasteiger partial charge is 0.477 e. The van der Waals surface area contributed by atoms with Crippen molar-refractivity contribution in [2.45, 2.75) is 25.3 Å². The summed E-state index contributed by atoms with van der Waals surface area (Å²) in [6, 6.07) is 8.03. The minimum atomic E-state index is -1.30. The van der Waals surface area contributed by atoms with Gasteiger partial charge in [0.15, 0.2) is 11.6 Å². The highest BCUT2D eigenvalue weighted by Gasteiger charge is 2.40. The number of carboxylic acids is 1. The topological polar surface area (TPSA) is 90.2 Å². The molecule has 2 N–H and O–H groups in total. The van der Waals surface area contributed by atoms with Crippen LogP contribution in [0.25, 0.3) is 27.8 Å². The van der Waals surface area contributed by atoms with E-state index < -0.39 is 23.2 Å². The Balaban J connectivity index is 1.49. The molecule has 2 saturated heterocycles. The zero-order valence-electron chi connectivity index (χ0n) is 22.7. The van der Waals surface area contributed by atoms with Crippen molar-refractivity contribution in [2.24, 2.45) is 5.92 Å². The number of hydrogen-bond donors (Lipinski definition) is 2. The monoisotopic (exact) mass is 557 g/mol. The van der Waals surface area contributed by atoms with Gasteiger partial charge in [-0.1, -0.05) is 6.07 Å². The fraction of sp³-hybridized carbons (Fsp3) is 0.323. The second-order valence-corrected chi connectivity index (χ2v) is 11.2. The second kappa shape index (κ2) is 9.37. The van der Waals surface area contributed by atoms with Crippen molar-refractivity contribution in [1.82, 2.24) is 14.3 Å². The molecule has 0 unspecified atom stereocenters. The Morgan fingerprint density at radius 3 is 2.68 bits per heavy atom. The van der Waals surface area contributed by atoms with Crippen LogP contribution in [0.15, 0.2) is 47.5 Å². The molecule has 5 heterocycles. The number of benzene rings is 1. The zero-order chi connectivity index (χ0) is 28.6. The lowest BCUT2D eigenvalue weighted by Crippen LogP contribution is -2.47. The summed E-state index contributed by atoms with van der Waals surface area (Å²) in [7, 11) is 3.82. The number of likely N-dealkylation sites (N-methyl/N-ethyl adjacent to an activating group) is 1. The van der Waals surface area contributed by atoms with Crippen LogP contribution in [0.3, 0.4) is 0 Å². The first kappa shape index (κ1) is 25.6. The number of nitrogens with zero attached hydrogens (tertiary/aromatic N) is 4. The van der Waals surface area contributed by atoms with Gasteiger partial charge in [0.05, 0.1) is 11.4 Å². The van der Waals surface area contributed by atoms with Crippen molar-refractivity contribution >= 4 is 22.9 Å². The lowest BCUT2D eigenvalue weighted by Gasteiger charge is -2.40. The normalized spacial score (nSPS) is 19.8. The molecule has 0 spiro atoms. The fourth-order valence-corrected chi connectivity index (χ4v) is 7.04. The number of anilines is 2. The third kappa shape index (κ3) is 3.84. The lowest BCUT2D eigenvalue weighted by molar-refractivity contribution is 0.0694. The van der Waals surface area contributed by atoms with Crippen LogP contribution < -0.4 is 15.8 Å². The molecular formula is C31H29F2N5O3. The van der Waals surface area contributed by atoms with Crippen LogP contribution in [0.2, 0.25) is 0 Å². The van der Waals surface area contributed by atoms with E-state index >= 15 is 4.39 Å². The molecule has 0 saturated carbocycles. The van der Waals surface area contributed by atoms with Crippen molar-refractivity contribution < 1.29 is 18.7 Å². The maximum Gasteiger partial charge on any atom is 0.341 e. The van der Waals surface area contributed by atoms with Gasteiger partial charge in [0, 0.05) is 84.5 Å². The molecule has 4 aromatic rings. The highest BCUT2D eigenvalue weighted by Crippen LogP contribution is 2.50. The van der Waals surface area contributed by atoms with Gasteiger partial charge in [-0.2, -0.15) is 0 Å². The van der Waals surface area contributed by atoms with Gasteiger partial charge in [0.2, 0.25) is 0 Å². The van der Waals surface area contributed by atoms with Crippen LogP contribution in [0, 0.1) is 17.6 Å². The van der Waals surface area contributed by atoms with E-state index in [2.05, 4.69) is 22.2 Å². The van der Waals surface area contributed by atoms with E-state index in [9.17, 15) is 19.1 Å². The maximum atomic E-state index is 15.7. The van der Waals surface area contributed by atoms with Gasteiger partial charge in [-0.05, 0) is 56.1 Å². The molecule has 0 radical (unpaired) electrons. The summed E-state index contributed by atoms with van der Waals surface area (Å²) in [6.45, 7) is 2.50. The molecule has 3 aliphatic rings. The Kier molecular flexibility index (Phi) is 5.86. The molecule has 2 fully saturated rings. The summed E-state index contributed by atoms with van der Waals surface area (Å²) in [4.78, 5) is 34.1.